The molecular weight excluding hydrogens is 476 g/mol. The Morgan fingerprint density at radius 3 is 1.81 bits per heavy atom. The van der Waals surface area contributed by atoms with Crippen molar-refractivity contribution in [3.63, 3.8) is 0 Å². The van der Waals surface area contributed by atoms with Crippen molar-refractivity contribution in [1.29, 1.82) is 0 Å². The smallest absolute Gasteiger partial charge is 0.322 e. The van der Waals surface area contributed by atoms with Crippen LogP contribution >= 0.6 is 0 Å². The third-order valence-corrected chi connectivity index (χ3v) is 7.04. The summed E-state index contributed by atoms with van der Waals surface area (Å²) in [5.74, 6) is -1.49. The Morgan fingerprint density at radius 2 is 1.25 bits per heavy atom. The molecule has 3 N–H and O–H groups in total. The highest BCUT2D eigenvalue weighted by molar-refractivity contribution is 7.89. The number of carbonyl (C=O) groups is 2. The maximum absolute atomic E-state index is 12.8. The first kappa shape index (κ1) is 24.8. The van der Waals surface area contributed by atoms with Gasteiger partial charge in [-0.25, -0.2) is 8.42 Å². The van der Waals surface area contributed by atoms with E-state index in [4.69, 9.17) is 0 Å². The number of hydrogen-bond donors (Lipinski definition) is 3. The molecule has 0 bridgehead atoms. The molecule has 7 nitrogen and oxygen atoms in total. The van der Waals surface area contributed by atoms with Crippen LogP contribution in [-0.2, 0) is 21.2 Å². The van der Waals surface area contributed by atoms with E-state index in [2.05, 4.69) is 10.0 Å². The third kappa shape index (κ3) is 6.24. The van der Waals surface area contributed by atoms with Gasteiger partial charge in [0.05, 0.1) is 4.90 Å². The molecule has 182 valence electrons. The number of nitrogens with one attached hydrogen (secondary N) is 2. The lowest BCUT2D eigenvalue weighted by atomic mass is 10.0. The number of para-hydroxylation sites is 1. The first-order chi connectivity index (χ1) is 17.3. The maximum atomic E-state index is 12.8. The van der Waals surface area contributed by atoms with Crippen molar-refractivity contribution in [2.24, 2.45) is 0 Å². The number of anilines is 1. The fourth-order valence-electron chi connectivity index (χ4n) is 3.65. The Kier molecular flexibility index (Phi) is 7.58. The molecule has 4 aromatic rings. The standard InChI is InChI=1S/C28H24N2O5S/c31-27(29-24-9-5-2-6-10-24)23-13-11-21(12-14-23)22-15-17-25(18-16-22)36(34,35)30-26(28(32)33)19-20-7-3-1-4-8-20/h1-18,26,30H,19H2,(H,29,31)(H,32,33). The van der Waals surface area contributed by atoms with Gasteiger partial charge < -0.3 is 10.4 Å². The molecule has 0 saturated heterocycles. The summed E-state index contributed by atoms with van der Waals surface area (Å²) in [4.78, 5) is 24.1. The van der Waals surface area contributed by atoms with Crippen molar-refractivity contribution in [3.8, 4) is 11.1 Å². The number of carbonyl (C=O) groups excluding carboxylic acids is 1. The van der Waals surface area contributed by atoms with Gasteiger partial charge in [-0.05, 0) is 59.5 Å². The van der Waals surface area contributed by atoms with Crippen LogP contribution in [0.4, 0.5) is 5.69 Å². The minimum Gasteiger partial charge on any atom is -0.480 e. The monoisotopic (exact) mass is 500 g/mol. The molecule has 1 amide bonds. The largest absolute Gasteiger partial charge is 0.480 e. The zero-order chi connectivity index (χ0) is 25.5. The summed E-state index contributed by atoms with van der Waals surface area (Å²) in [6.07, 6.45) is 0.0255. The molecular formula is C28H24N2O5S. The van der Waals surface area contributed by atoms with Crippen LogP contribution in [0.5, 0.6) is 0 Å². The molecule has 0 aromatic heterocycles. The highest BCUT2D eigenvalue weighted by Gasteiger charge is 2.25. The highest BCUT2D eigenvalue weighted by Crippen LogP contribution is 2.23. The lowest BCUT2D eigenvalue weighted by molar-refractivity contribution is -0.138. The van der Waals surface area contributed by atoms with E-state index in [0.29, 0.717) is 16.8 Å². The summed E-state index contributed by atoms with van der Waals surface area (Å²) in [6, 6.07) is 29.8. The number of carboxylic acids is 1. The number of sulfonamides is 1. The van der Waals surface area contributed by atoms with Crippen LogP contribution in [0.2, 0.25) is 0 Å². The van der Waals surface area contributed by atoms with Gasteiger partial charge in [0.15, 0.2) is 0 Å². The molecule has 1 unspecified atom stereocenters. The molecule has 0 saturated carbocycles. The van der Waals surface area contributed by atoms with E-state index in [9.17, 15) is 23.1 Å². The number of benzene rings is 4. The van der Waals surface area contributed by atoms with E-state index < -0.39 is 22.0 Å². The first-order valence-corrected chi connectivity index (χ1v) is 12.7. The van der Waals surface area contributed by atoms with Gasteiger partial charge in [0.1, 0.15) is 6.04 Å². The van der Waals surface area contributed by atoms with Crippen molar-refractivity contribution in [2.75, 3.05) is 5.32 Å². The molecule has 1 atom stereocenters. The predicted octanol–water partition coefficient (Wildman–Crippen LogP) is 4.58. The number of amides is 1. The molecule has 0 aliphatic heterocycles. The fraction of sp³-hybridized carbons (Fsp3) is 0.0714. The Bertz CT molecular complexity index is 1440. The second-order valence-electron chi connectivity index (χ2n) is 8.12. The summed E-state index contributed by atoms with van der Waals surface area (Å²) in [5, 5.41) is 12.4. The number of carboxylic acid groups (broad SMARTS) is 1. The topological polar surface area (TPSA) is 113 Å². The number of rotatable bonds is 9. The van der Waals surface area contributed by atoms with Gasteiger partial charge >= 0.3 is 5.97 Å². The van der Waals surface area contributed by atoms with E-state index in [1.807, 2.05) is 18.2 Å². The molecule has 0 aliphatic carbocycles. The van der Waals surface area contributed by atoms with Gasteiger partial charge in [0, 0.05) is 11.3 Å². The normalized spacial score (nSPS) is 12.0. The SMILES string of the molecule is O=C(Nc1ccccc1)c1ccc(-c2ccc(S(=O)(=O)NC(Cc3ccccc3)C(=O)O)cc2)cc1. The van der Waals surface area contributed by atoms with Crippen molar-refractivity contribution >= 4 is 27.6 Å². The Morgan fingerprint density at radius 1 is 0.722 bits per heavy atom. The summed E-state index contributed by atoms with van der Waals surface area (Å²) in [7, 11) is -4.06. The highest BCUT2D eigenvalue weighted by atomic mass is 32.2. The minimum absolute atomic E-state index is 0.0255. The van der Waals surface area contributed by atoms with Crippen LogP contribution in [0.25, 0.3) is 11.1 Å². The fourth-order valence-corrected chi connectivity index (χ4v) is 4.84. The van der Waals surface area contributed by atoms with Crippen molar-refractivity contribution in [3.05, 3.63) is 120 Å². The second-order valence-corrected chi connectivity index (χ2v) is 9.84. The Balaban J connectivity index is 1.45. The molecule has 0 radical (unpaired) electrons. The van der Waals surface area contributed by atoms with Crippen LogP contribution < -0.4 is 10.0 Å². The van der Waals surface area contributed by atoms with Crippen LogP contribution in [-0.4, -0.2) is 31.4 Å². The van der Waals surface area contributed by atoms with Crippen molar-refractivity contribution in [2.45, 2.75) is 17.4 Å². The quantitative estimate of drug-likeness (QED) is 0.311. The molecule has 0 spiro atoms. The molecule has 8 heteroatoms. The zero-order valence-electron chi connectivity index (χ0n) is 19.2. The zero-order valence-corrected chi connectivity index (χ0v) is 20.0. The predicted molar refractivity (Wildman–Crippen MR) is 138 cm³/mol. The Hall–Kier alpha value is -4.27. The molecule has 4 aromatic carbocycles. The minimum atomic E-state index is -4.06. The average molecular weight is 501 g/mol. The molecule has 0 fully saturated rings. The summed E-state index contributed by atoms with van der Waals surface area (Å²) in [5.41, 5.74) is 3.46. The first-order valence-electron chi connectivity index (χ1n) is 11.2. The Labute approximate surface area is 209 Å². The van der Waals surface area contributed by atoms with E-state index >= 15 is 0 Å². The van der Waals surface area contributed by atoms with Crippen molar-refractivity contribution < 1.29 is 23.1 Å². The van der Waals surface area contributed by atoms with Crippen LogP contribution in [0.1, 0.15) is 15.9 Å². The third-order valence-electron chi connectivity index (χ3n) is 5.55. The van der Waals surface area contributed by atoms with Gasteiger partial charge in [-0.3, -0.25) is 9.59 Å². The molecule has 36 heavy (non-hydrogen) atoms. The number of aliphatic carboxylic acids is 1. The average Bonchev–Trinajstić information content (AvgIpc) is 2.89. The van der Waals surface area contributed by atoms with E-state index in [-0.39, 0.29) is 17.2 Å². The lowest BCUT2D eigenvalue weighted by Gasteiger charge is -2.15. The van der Waals surface area contributed by atoms with E-state index in [1.165, 1.54) is 12.1 Å². The molecule has 0 heterocycles. The van der Waals surface area contributed by atoms with Gasteiger partial charge in [-0.1, -0.05) is 72.8 Å². The lowest BCUT2D eigenvalue weighted by Crippen LogP contribution is -2.42. The van der Waals surface area contributed by atoms with Crippen molar-refractivity contribution in [1.82, 2.24) is 4.72 Å². The van der Waals surface area contributed by atoms with Crippen LogP contribution in [0.3, 0.4) is 0 Å². The van der Waals surface area contributed by atoms with E-state index in [0.717, 1.165) is 11.1 Å². The van der Waals surface area contributed by atoms with Gasteiger partial charge in [0.25, 0.3) is 5.91 Å². The molecule has 0 aliphatic rings. The van der Waals surface area contributed by atoms with Gasteiger partial charge in [-0.2, -0.15) is 4.72 Å². The second kappa shape index (κ2) is 11.0. The summed E-state index contributed by atoms with van der Waals surface area (Å²) < 4.78 is 28.0. The van der Waals surface area contributed by atoms with Gasteiger partial charge in [0.2, 0.25) is 10.0 Å². The summed E-state index contributed by atoms with van der Waals surface area (Å²) >= 11 is 0. The van der Waals surface area contributed by atoms with Gasteiger partial charge in [-0.15, -0.1) is 0 Å². The maximum Gasteiger partial charge on any atom is 0.322 e. The molecule has 4 rings (SSSR count). The van der Waals surface area contributed by atoms with E-state index in [1.54, 1.807) is 78.9 Å². The summed E-state index contributed by atoms with van der Waals surface area (Å²) in [6.45, 7) is 0. The van der Waals surface area contributed by atoms with Crippen LogP contribution in [0.15, 0.2) is 114 Å². The van der Waals surface area contributed by atoms with Crippen LogP contribution in [0, 0.1) is 0 Å². The number of hydrogen-bond acceptors (Lipinski definition) is 4.